The Morgan fingerprint density at radius 3 is 2.59 bits per heavy atom. The second kappa shape index (κ2) is 4.41. The molecule has 1 aromatic heterocycles. The molecule has 90 valence electrons. The Morgan fingerprint density at radius 2 is 2.00 bits per heavy atom. The van der Waals surface area contributed by atoms with Gasteiger partial charge in [0, 0.05) is 5.56 Å². The van der Waals surface area contributed by atoms with Crippen LogP contribution in [0.3, 0.4) is 0 Å². The Balaban J connectivity index is 2.39. The summed E-state index contributed by atoms with van der Waals surface area (Å²) in [6, 6.07) is 6.64. The number of rotatable bonds is 2. The fourth-order valence-electron chi connectivity index (χ4n) is 1.43. The molecule has 1 N–H and O–H groups in total. The summed E-state index contributed by atoms with van der Waals surface area (Å²) >= 11 is 5.58. The molecule has 2 nitrogen and oxygen atoms in total. The van der Waals surface area contributed by atoms with E-state index in [0.717, 1.165) is 12.1 Å². The molecular formula is C11H8ClF3N2. The second-order valence-corrected chi connectivity index (χ2v) is 3.76. The maximum absolute atomic E-state index is 12.5. The number of benzene rings is 1. The van der Waals surface area contributed by atoms with Crippen LogP contribution in [0.25, 0.3) is 11.3 Å². The first-order chi connectivity index (χ1) is 8.00. The van der Waals surface area contributed by atoms with E-state index in [0.29, 0.717) is 17.0 Å². The molecule has 0 aliphatic heterocycles. The molecule has 2 rings (SSSR count). The summed E-state index contributed by atoms with van der Waals surface area (Å²) in [4.78, 5) is 0. The van der Waals surface area contributed by atoms with Crippen LogP contribution in [0.1, 0.15) is 11.3 Å². The lowest BCUT2D eigenvalue weighted by atomic mass is 10.1. The number of halogens is 4. The van der Waals surface area contributed by atoms with Crippen LogP contribution in [0.4, 0.5) is 13.2 Å². The molecular weight excluding hydrogens is 253 g/mol. The van der Waals surface area contributed by atoms with Crippen molar-refractivity contribution in [2.45, 2.75) is 12.1 Å². The number of hydrogen-bond donors (Lipinski definition) is 1. The van der Waals surface area contributed by atoms with Gasteiger partial charge in [0.1, 0.15) is 0 Å². The topological polar surface area (TPSA) is 28.7 Å². The summed E-state index contributed by atoms with van der Waals surface area (Å²) < 4.78 is 37.5. The molecule has 0 atom stereocenters. The highest BCUT2D eigenvalue weighted by molar-refractivity contribution is 6.16. The molecule has 0 aliphatic rings. The van der Waals surface area contributed by atoms with Crippen LogP contribution in [0.5, 0.6) is 0 Å². The Bertz CT molecular complexity index is 519. The van der Waals surface area contributed by atoms with Crippen molar-refractivity contribution in [3.63, 3.8) is 0 Å². The van der Waals surface area contributed by atoms with Crippen molar-refractivity contribution >= 4 is 11.6 Å². The number of hydrogen-bond acceptors (Lipinski definition) is 1. The van der Waals surface area contributed by atoms with Gasteiger partial charge in [-0.15, -0.1) is 11.6 Å². The highest BCUT2D eigenvalue weighted by Gasteiger charge is 2.30. The maximum Gasteiger partial charge on any atom is 0.416 e. The van der Waals surface area contributed by atoms with E-state index in [2.05, 4.69) is 10.2 Å². The van der Waals surface area contributed by atoms with Gasteiger partial charge in [-0.2, -0.15) is 18.3 Å². The first-order valence-electron chi connectivity index (χ1n) is 4.78. The van der Waals surface area contributed by atoms with E-state index in [9.17, 15) is 13.2 Å². The summed E-state index contributed by atoms with van der Waals surface area (Å²) in [6.07, 6.45) is -4.35. The van der Waals surface area contributed by atoms with Crippen LogP contribution in [-0.2, 0) is 12.1 Å². The molecule has 0 unspecified atom stereocenters. The summed E-state index contributed by atoms with van der Waals surface area (Å²) in [5, 5.41) is 6.55. The molecule has 17 heavy (non-hydrogen) atoms. The van der Waals surface area contributed by atoms with E-state index in [-0.39, 0.29) is 5.88 Å². The van der Waals surface area contributed by atoms with Gasteiger partial charge in [0.2, 0.25) is 0 Å². The third-order valence-electron chi connectivity index (χ3n) is 2.26. The maximum atomic E-state index is 12.5. The van der Waals surface area contributed by atoms with Crippen LogP contribution in [-0.4, -0.2) is 10.2 Å². The Hall–Kier alpha value is -1.49. The van der Waals surface area contributed by atoms with Crippen molar-refractivity contribution in [2.24, 2.45) is 0 Å². The normalized spacial score (nSPS) is 11.8. The lowest BCUT2D eigenvalue weighted by Gasteiger charge is -2.07. The standard InChI is InChI=1S/C11H8ClF3N2/c12-6-9-5-10(17-16-9)7-2-1-3-8(4-7)11(13,14)15/h1-5H,6H2,(H,16,17). The van der Waals surface area contributed by atoms with E-state index in [4.69, 9.17) is 11.6 Å². The first kappa shape index (κ1) is 12.0. The Labute approximate surface area is 100 Å². The van der Waals surface area contributed by atoms with Crippen LogP contribution < -0.4 is 0 Å². The van der Waals surface area contributed by atoms with E-state index >= 15 is 0 Å². The summed E-state index contributed by atoms with van der Waals surface area (Å²) in [7, 11) is 0. The third kappa shape index (κ3) is 2.61. The fourth-order valence-corrected chi connectivity index (χ4v) is 1.57. The minimum absolute atomic E-state index is 0.242. The monoisotopic (exact) mass is 260 g/mol. The predicted molar refractivity (Wildman–Crippen MR) is 58.6 cm³/mol. The number of alkyl halides is 4. The SMILES string of the molecule is FC(F)(F)c1cccc(-c2cc(CCl)[nH]n2)c1. The first-order valence-corrected chi connectivity index (χ1v) is 5.32. The number of nitrogens with one attached hydrogen (secondary N) is 1. The highest BCUT2D eigenvalue weighted by Crippen LogP contribution is 2.31. The van der Waals surface area contributed by atoms with Crippen molar-refractivity contribution in [3.05, 3.63) is 41.6 Å². The molecule has 0 saturated carbocycles. The van der Waals surface area contributed by atoms with Gasteiger partial charge in [0.05, 0.1) is 22.8 Å². The number of aromatic amines is 1. The van der Waals surface area contributed by atoms with Gasteiger partial charge in [0.15, 0.2) is 0 Å². The van der Waals surface area contributed by atoms with E-state index in [1.807, 2.05) is 0 Å². The highest BCUT2D eigenvalue weighted by atomic mass is 35.5. The van der Waals surface area contributed by atoms with Crippen LogP contribution >= 0.6 is 11.6 Å². The molecule has 1 heterocycles. The molecule has 1 aromatic carbocycles. The average molecular weight is 261 g/mol. The molecule has 0 spiro atoms. The van der Waals surface area contributed by atoms with E-state index in [1.165, 1.54) is 6.07 Å². The average Bonchev–Trinajstić information content (AvgIpc) is 2.76. The minimum Gasteiger partial charge on any atom is -0.281 e. The van der Waals surface area contributed by atoms with Crippen LogP contribution in [0, 0.1) is 0 Å². The molecule has 0 aliphatic carbocycles. The van der Waals surface area contributed by atoms with Crippen molar-refractivity contribution in [1.29, 1.82) is 0 Å². The van der Waals surface area contributed by atoms with Gasteiger partial charge in [-0.25, -0.2) is 0 Å². The van der Waals surface area contributed by atoms with Gasteiger partial charge in [-0.05, 0) is 18.2 Å². The number of aromatic nitrogens is 2. The molecule has 0 fully saturated rings. The Morgan fingerprint density at radius 1 is 1.24 bits per heavy atom. The zero-order valence-corrected chi connectivity index (χ0v) is 9.31. The van der Waals surface area contributed by atoms with Gasteiger partial charge in [0.25, 0.3) is 0 Å². The molecule has 0 saturated heterocycles. The van der Waals surface area contributed by atoms with Crippen molar-refractivity contribution in [3.8, 4) is 11.3 Å². The van der Waals surface area contributed by atoms with Gasteiger partial charge >= 0.3 is 6.18 Å². The smallest absolute Gasteiger partial charge is 0.281 e. The molecule has 0 amide bonds. The van der Waals surface area contributed by atoms with E-state index < -0.39 is 11.7 Å². The number of nitrogens with zero attached hydrogens (tertiary/aromatic N) is 1. The van der Waals surface area contributed by atoms with Gasteiger partial charge in [-0.3, -0.25) is 5.10 Å². The quantitative estimate of drug-likeness (QED) is 0.817. The van der Waals surface area contributed by atoms with Gasteiger partial charge < -0.3 is 0 Å². The third-order valence-corrected chi connectivity index (χ3v) is 2.55. The molecule has 0 bridgehead atoms. The zero-order chi connectivity index (χ0) is 12.5. The summed E-state index contributed by atoms with van der Waals surface area (Å²) in [5.41, 5.74) is 0.837. The molecule has 2 aromatic rings. The fraction of sp³-hybridized carbons (Fsp3) is 0.182. The van der Waals surface area contributed by atoms with Crippen LogP contribution in [0.15, 0.2) is 30.3 Å². The number of H-pyrrole nitrogens is 1. The molecule has 6 heteroatoms. The van der Waals surface area contributed by atoms with Crippen molar-refractivity contribution in [1.82, 2.24) is 10.2 Å². The van der Waals surface area contributed by atoms with E-state index in [1.54, 1.807) is 12.1 Å². The second-order valence-electron chi connectivity index (χ2n) is 3.49. The zero-order valence-electron chi connectivity index (χ0n) is 8.55. The lowest BCUT2D eigenvalue weighted by Crippen LogP contribution is -2.04. The van der Waals surface area contributed by atoms with Crippen molar-refractivity contribution < 1.29 is 13.2 Å². The largest absolute Gasteiger partial charge is 0.416 e. The van der Waals surface area contributed by atoms with Gasteiger partial charge in [-0.1, -0.05) is 12.1 Å². The summed E-state index contributed by atoms with van der Waals surface area (Å²) in [6.45, 7) is 0. The Kier molecular flexibility index (Phi) is 3.11. The molecule has 0 radical (unpaired) electrons. The minimum atomic E-state index is -4.35. The van der Waals surface area contributed by atoms with Crippen molar-refractivity contribution in [2.75, 3.05) is 0 Å². The van der Waals surface area contributed by atoms with Crippen LogP contribution in [0.2, 0.25) is 0 Å². The summed E-state index contributed by atoms with van der Waals surface area (Å²) in [5.74, 6) is 0.242. The predicted octanol–water partition coefficient (Wildman–Crippen LogP) is 3.83. The lowest BCUT2D eigenvalue weighted by molar-refractivity contribution is -0.137.